The first-order chi connectivity index (χ1) is 20.8. The maximum absolute atomic E-state index is 8.70. The molecule has 1 heterocycles. The van der Waals surface area contributed by atoms with Crippen LogP contribution in [0.5, 0.6) is 0 Å². The third-order valence-corrected chi connectivity index (χ3v) is 11.7. The van der Waals surface area contributed by atoms with Crippen LogP contribution in [0.2, 0.25) is 0 Å². The first kappa shape index (κ1) is 19.3. The Balaban J connectivity index is 1.33. The van der Waals surface area contributed by atoms with Gasteiger partial charge in [-0.15, -0.1) is 0 Å². The number of fused-ring (bicyclic) bond motifs is 3. The molecule has 1 aromatic heterocycles. The first-order valence-corrected chi connectivity index (χ1v) is 15.1. The van der Waals surface area contributed by atoms with Crippen molar-refractivity contribution in [2.75, 3.05) is 0 Å². The lowest BCUT2D eigenvalue weighted by molar-refractivity contribution is -0.00512. The summed E-state index contributed by atoms with van der Waals surface area (Å²) in [6, 6.07) is 24.2. The molecule has 194 valence electrons. The van der Waals surface area contributed by atoms with Gasteiger partial charge in [0.15, 0.2) is 5.69 Å². The zero-order valence-electron chi connectivity index (χ0n) is 25.4. The molecule has 0 saturated heterocycles. The lowest BCUT2D eigenvalue weighted by atomic mass is 9.48. The fourth-order valence-corrected chi connectivity index (χ4v) is 10.7. The molecule has 0 atom stereocenters. The van der Waals surface area contributed by atoms with Crippen molar-refractivity contribution in [3.05, 3.63) is 123 Å². The van der Waals surface area contributed by atoms with E-state index < -0.39 is 6.85 Å². The topological polar surface area (TPSA) is 20.1 Å². The minimum Gasteiger partial charge on any atom is -0.355 e. The standard InChI is InChI=1S/C38H32N2/c1-20-36(39-2)35-32-27-9-5-3-7-25(27)31(26-8-4-6-10-28(26)32)34(35)33-29-16-24(11-12-30(29)40-37(20)33)38-17-21-13-22(18-38)15-23(14-21)19-38/h3-12,16,21-23,31-32,40H,13-15,17-19H2,1H3/i1D3. The van der Waals surface area contributed by atoms with Crippen molar-refractivity contribution in [1.82, 2.24) is 4.98 Å². The Morgan fingerprint density at radius 3 is 1.93 bits per heavy atom. The van der Waals surface area contributed by atoms with Crippen LogP contribution < -0.4 is 0 Å². The van der Waals surface area contributed by atoms with Crippen molar-refractivity contribution in [2.24, 2.45) is 17.8 Å². The highest BCUT2D eigenvalue weighted by molar-refractivity contribution is 6.13. The van der Waals surface area contributed by atoms with Crippen LogP contribution in [0.15, 0.2) is 66.7 Å². The maximum Gasteiger partial charge on any atom is 0.196 e. The summed E-state index contributed by atoms with van der Waals surface area (Å²) in [5.41, 5.74) is 10.8. The van der Waals surface area contributed by atoms with E-state index in [-0.39, 0.29) is 22.8 Å². The van der Waals surface area contributed by atoms with E-state index in [1.807, 2.05) is 0 Å². The minimum absolute atomic E-state index is 0.0387. The Morgan fingerprint density at radius 2 is 1.38 bits per heavy atom. The molecule has 0 unspecified atom stereocenters. The molecular weight excluding hydrogens is 484 g/mol. The monoisotopic (exact) mass is 519 g/mol. The number of H-pyrrole nitrogens is 1. The molecule has 0 spiro atoms. The van der Waals surface area contributed by atoms with Gasteiger partial charge in [0.2, 0.25) is 0 Å². The van der Waals surface area contributed by atoms with Crippen LogP contribution >= 0.6 is 0 Å². The molecular formula is C38H32N2. The molecule has 4 saturated carbocycles. The molecule has 7 aliphatic carbocycles. The molecule has 6 bridgehead atoms. The summed E-state index contributed by atoms with van der Waals surface area (Å²) in [5.74, 6) is 2.36. The van der Waals surface area contributed by atoms with Crippen LogP contribution in [0, 0.1) is 31.2 Å². The zero-order chi connectivity index (χ0) is 28.8. The molecule has 40 heavy (non-hydrogen) atoms. The molecule has 0 aliphatic heterocycles. The highest BCUT2D eigenvalue weighted by atomic mass is 14.7. The van der Waals surface area contributed by atoms with E-state index in [4.69, 9.17) is 10.7 Å². The number of aromatic amines is 1. The summed E-state index contributed by atoms with van der Waals surface area (Å²) >= 11 is 0. The molecule has 0 amide bonds. The SMILES string of the molecule is [2H]C([2H])([2H])c1c([N+]#[C-])c2c(c3c1[nH]c1ccc(C45CC6CC(CC(C6)C4)C5)cc13)C1c3ccccc3C2c2ccccc21. The molecule has 2 heteroatoms. The Hall–Kier alpha value is -3.83. The first-order valence-electron chi connectivity index (χ1n) is 16.6. The van der Waals surface area contributed by atoms with Gasteiger partial charge >= 0.3 is 0 Å². The number of aromatic nitrogens is 1. The van der Waals surface area contributed by atoms with Gasteiger partial charge in [-0.1, -0.05) is 54.6 Å². The highest BCUT2D eigenvalue weighted by Crippen LogP contribution is 2.63. The van der Waals surface area contributed by atoms with Crippen molar-refractivity contribution >= 4 is 27.5 Å². The van der Waals surface area contributed by atoms with Crippen LogP contribution in [0.3, 0.4) is 0 Å². The maximum atomic E-state index is 8.70. The summed E-state index contributed by atoms with van der Waals surface area (Å²) in [7, 11) is 0. The van der Waals surface area contributed by atoms with Gasteiger partial charge in [0.05, 0.1) is 6.57 Å². The summed E-state index contributed by atoms with van der Waals surface area (Å²) in [6.07, 6.45) is 8.10. The summed E-state index contributed by atoms with van der Waals surface area (Å²) in [6.45, 7) is 5.97. The molecule has 1 N–H and O–H groups in total. The Bertz CT molecular complexity index is 2010. The van der Waals surface area contributed by atoms with E-state index in [0.29, 0.717) is 11.2 Å². The predicted molar refractivity (Wildman–Crippen MR) is 161 cm³/mol. The van der Waals surface area contributed by atoms with E-state index in [1.165, 1.54) is 66.3 Å². The number of nitrogens with one attached hydrogen (secondary N) is 1. The normalized spacial score (nSPS) is 31.8. The summed E-state index contributed by atoms with van der Waals surface area (Å²) in [4.78, 5) is 7.63. The highest BCUT2D eigenvalue weighted by Gasteiger charge is 2.52. The third kappa shape index (κ3) is 2.52. The van der Waals surface area contributed by atoms with Gasteiger partial charge in [-0.25, -0.2) is 4.85 Å². The zero-order valence-corrected chi connectivity index (χ0v) is 22.4. The Morgan fingerprint density at radius 1 is 0.800 bits per heavy atom. The van der Waals surface area contributed by atoms with Gasteiger partial charge in [0.25, 0.3) is 0 Å². The number of aryl methyl sites for hydroxylation is 1. The molecule has 0 radical (unpaired) electrons. The van der Waals surface area contributed by atoms with Gasteiger partial charge in [0, 0.05) is 37.8 Å². The Kier molecular flexibility index (Phi) is 3.50. The van der Waals surface area contributed by atoms with Crippen molar-refractivity contribution < 1.29 is 4.11 Å². The van der Waals surface area contributed by atoms with Gasteiger partial charge in [-0.2, -0.15) is 0 Å². The van der Waals surface area contributed by atoms with E-state index in [0.717, 1.165) is 45.2 Å². The second-order valence-electron chi connectivity index (χ2n) is 13.6. The predicted octanol–water partition coefficient (Wildman–Crippen LogP) is 9.64. The molecule has 12 rings (SSSR count). The fourth-order valence-electron chi connectivity index (χ4n) is 10.7. The number of hydrogen-bond donors (Lipinski definition) is 1. The smallest absolute Gasteiger partial charge is 0.196 e. The van der Waals surface area contributed by atoms with Crippen molar-refractivity contribution in [2.45, 2.75) is 62.6 Å². The largest absolute Gasteiger partial charge is 0.355 e. The number of benzene rings is 4. The lowest BCUT2D eigenvalue weighted by Gasteiger charge is -2.57. The van der Waals surface area contributed by atoms with Crippen LogP contribution in [0.4, 0.5) is 5.69 Å². The van der Waals surface area contributed by atoms with Crippen LogP contribution in [-0.2, 0) is 5.41 Å². The van der Waals surface area contributed by atoms with Crippen molar-refractivity contribution in [3.8, 4) is 0 Å². The quantitative estimate of drug-likeness (QED) is 0.208. The molecule has 2 nitrogen and oxygen atoms in total. The van der Waals surface area contributed by atoms with Gasteiger partial charge < -0.3 is 4.98 Å². The molecule has 5 aromatic rings. The number of nitrogens with zero attached hydrogens (tertiary/aromatic N) is 1. The number of hydrogen-bond acceptors (Lipinski definition) is 0. The average Bonchev–Trinajstić information content (AvgIpc) is 3.37. The van der Waals surface area contributed by atoms with Crippen molar-refractivity contribution in [3.63, 3.8) is 0 Å². The van der Waals surface area contributed by atoms with E-state index in [2.05, 4.69) is 76.6 Å². The van der Waals surface area contributed by atoms with Gasteiger partial charge in [0.1, 0.15) is 0 Å². The molecule has 7 aliphatic rings. The van der Waals surface area contributed by atoms with E-state index in [9.17, 15) is 0 Å². The fraction of sp³-hybridized carbons (Fsp3) is 0.342. The van der Waals surface area contributed by atoms with Gasteiger partial charge in [-0.3, -0.25) is 0 Å². The van der Waals surface area contributed by atoms with Gasteiger partial charge in [-0.05, 0) is 125 Å². The van der Waals surface area contributed by atoms with Crippen LogP contribution in [-0.4, -0.2) is 4.98 Å². The second-order valence-corrected chi connectivity index (χ2v) is 13.6. The average molecular weight is 520 g/mol. The summed E-state index contributed by atoms with van der Waals surface area (Å²) < 4.78 is 26.1. The lowest BCUT2D eigenvalue weighted by Crippen LogP contribution is -2.48. The second kappa shape index (κ2) is 7.27. The van der Waals surface area contributed by atoms with E-state index in [1.54, 1.807) is 0 Å². The summed E-state index contributed by atoms with van der Waals surface area (Å²) in [5, 5.41) is 2.15. The van der Waals surface area contributed by atoms with Crippen LogP contribution in [0.1, 0.15) is 99.0 Å². The van der Waals surface area contributed by atoms with E-state index >= 15 is 0 Å². The van der Waals surface area contributed by atoms with Crippen molar-refractivity contribution in [1.29, 1.82) is 0 Å². The third-order valence-electron chi connectivity index (χ3n) is 11.7. The van der Waals surface area contributed by atoms with Crippen LogP contribution in [0.25, 0.3) is 26.7 Å². The molecule has 4 aromatic carbocycles. The number of rotatable bonds is 1. The molecule has 4 fully saturated rings. The Labute approximate surface area is 239 Å². The minimum atomic E-state index is -2.42.